The molecular weight excluding hydrogens is 458 g/mol. The molecule has 3 aromatic heterocycles. The van der Waals surface area contributed by atoms with Gasteiger partial charge in [-0.05, 0) is 45.4 Å². The molecule has 0 aromatic carbocycles. The number of rotatable bonds is 6. The van der Waals surface area contributed by atoms with Gasteiger partial charge in [0.15, 0.2) is 0 Å². The van der Waals surface area contributed by atoms with Crippen LogP contribution >= 0.6 is 11.3 Å². The first-order valence-electron chi connectivity index (χ1n) is 12.9. The van der Waals surface area contributed by atoms with Crippen molar-refractivity contribution < 1.29 is 0 Å². The van der Waals surface area contributed by atoms with E-state index in [0.29, 0.717) is 6.04 Å². The van der Waals surface area contributed by atoms with Crippen LogP contribution in [0.5, 0.6) is 0 Å². The Hall–Kier alpha value is -2.70. The van der Waals surface area contributed by atoms with Gasteiger partial charge >= 0.3 is 0 Å². The van der Waals surface area contributed by atoms with E-state index in [-0.39, 0.29) is 24.2 Å². The van der Waals surface area contributed by atoms with Crippen LogP contribution in [0.25, 0.3) is 11.0 Å². The van der Waals surface area contributed by atoms with Crippen LogP contribution in [0.4, 0.5) is 5.69 Å². The Bertz CT molecular complexity index is 1290. The van der Waals surface area contributed by atoms with Crippen molar-refractivity contribution in [2.24, 2.45) is 7.05 Å². The quantitative estimate of drug-likeness (QED) is 0.516. The molecule has 0 N–H and O–H groups in total. The van der Waals surface area contributed by atoms with Crippen LogP contribution in [0.15, 0.2) is 17.1 Å². The van der Waals surface area contributed by atoms with E-state index in [1.165, 1.54) is 34.8 Å². The fraction of sp³-hybridized carbons (Fsp3) is 0.615. The maximum Gasteiger partial charge on any atom is 0.252 e. The van der Waals surface area contributed by atoms with Gasteiger partial charge in [0.1, 0.15) is 17.1 Å². The Morgan fingerprint density at radius 3 is 2.69 bits per heavy atom. The van der Waals surface area contributed by atoms with Crippen LogP contribution < -0.4 is 10.5 Å². The molecular formula is C26H35N7OS. The Morgan fingerprint density at radius 1 is 1.20 bits per heavy atom. The van der Waals surface area contributed by atoms with Crippen molar-refractivity contribution in [2.45, 2.75) is 84.0 Å². The largest absolute Gasteiger partial charge is 0.364 e. The number of aryl methyl sites for hydroxylation is 3. The van der Waals surface area contributed by atoms with E-state index in [4.69, 9.17) is 15.3 Å². The summed E-state index contributed by atoms with van der Waals surface area (Å²) in [5.41, 5.74) is 3.75. The van der Waals surface area contributed by atoms with E-state index in [2.05, 4.69) is 36.6 Å². The normalized spacial score (nSPS) is 21.7. The molecule has 5 rings (SSSR count). The lowest BCUT2D eigenvalue weighted by atomic mass is 9.99. The molecule has 9 heteroatoms. The lowest BCUT2D eigenvalue weighted by Crippen LogP contribution is -2.58. The van der Waals surface area contributed by atoms with Crippen LogP contribution in [0, 0.1) is 11.3 Å². The molecule has 1 saturated heterocycles. The molecule has 2 aliphatic rings. The highest BCUT2D eigenvalue weighted by molar-refractivity contribution is 7.11. The molecule has 0 amide bonds. The zero-order chi connectivity index (χ0) is 24.7. The summed E-state index contributed by atoms with van der Waals surface area (Å²) >= 11 is 1.92. The van der Waals surface area contributed by atoms with Crippen LogP contribution in [-0.2, 0) is 26.4 Å². The Morgan fingerprint density at radius 2 is 1.97 bits per heavy atom. The van der Waals surface area contributed by atoms with Gasteiger partial charge in [0.2, 0.25) is 0 Å². The van der Waals surface area contributed by atoms with Gasteiger partial charge in [0.25, 0.3) is 5.56 Å². The van der Waals surface area contributed by atoms with Gasteiger partial charge in [-0.1, -0.05) is 13.8 Å². The number of pyridine rings is 1. The van der Waals surface area contributed by atoms with Crippen molar-refractivity contribution in [3.05, 3.63) is 38.2 Å². The number of thiazole rings is 1. The third-order valence-electron chi connectivity index (χ3n) is 7.88. The van der Waals surface area contributed by atoms with E-state index in [1.54, 1.807) is 22.4 Å². The molecule has 3 aromatic rings. The summed E-state index contributed by atoms with van der Waals surface area (Å²) in [4.78, 5) is 24.5. The molecule has 3 atom stereocenters. The van der Waals surface area contributed by atoms with Crippen LogP contribution in [0.1, 0.15) is 68.1 Å². The summed E-state index contributed by atoms with van der Waals surface area (Å²) in [5, 5.41) is 15.1. The van der Waals surface area contributed by atoms with Crippen LogP contribution in [0.2, 0.25) is 0 Å². The minimum Gasteiger partial charge on any atom is -0.364 e. The highest BCUT2D eigenvalue weighted by Crippen LogP contribution is 2.37. The summed E-state index contributed by atoms with van der Waals surface area (Å²) in [6.45, 7) is 8.73. The number of nitrogens with zero attached hydrogens (tertiary/aromatic N) is 7. The topological polar surface area (TPSA) is 83.0 Å². The van der Waals surface area contributed by atoms with E-state index >= 15 is 0 Å². The molecule has 0 unspecified atom stereocenters. The second-order valence-corrected chi connectivity index (χ2v) is 11.0. The highest BCUT2D eigenvalue weighted by Gasteiger charge is 2.37. The summed E-state index contributed by atoms with van der Waals surface area (Å²) < 4.78 is 3.26. The maximum absolute atomic E-state index is 12.9. The SMILES string of the molecule is CC[C@H]1CN([C@@H](C)c2nc3c(s2)CCCC3)[C@H](CC)CN1c1cc(=O)n(C)c2cn(CC#N)nc12. The monoisotopic (exact) mass is 493 g/mol. The second kappa shape index (κ2) is 9.75. The zero-order valence-corrected chi connectivity index (χ0v) is 22.0. The first kappa shape index (κ1) is 24.0. The Kier molecular flexibility index (Phi) is 6.69. The molecule has 0 saturated carbocycles. The summed E-state index contributed by atoms with van der Waals surface area (Å²) in [7, 11) is 1.77. The second-order valence-electron chi connectivity index (χ2n) is 9.92. The number of nitriles is 1. The average Bonchev–Trinajstić information content (AvgIpc) is 3.50. The summed E-state index contributed by atoms with van der Waals surface area (Å²) in [5.74, 6) is 0. The van der Waals surface area contributed by atoms with Crippen molar-refractivity contribution in [2.75, 3.05) is 18.0 Å². The van der Waals surface area contributed by atoms with Gasteiger partial charge in [-0.3, -0.25) is 14.4 Å². The zero-order valence-electron chi connectivity index (χ0n) is 21.2. The van der Waals surface area contributed by atoms with Gasteiger partial charge in [0, 0.05) is 43.2 Å². The first-order valence-corrected chi connectivity index (χ1v) is 13.7. The number of aromatic nitrogens is 4. The smallest absolute Gasteiger partial charge is 0.252 e. The molecule has 0 spiro atoms. The number of fused-ring (bicyclic) bond motifs is 2. The summed E-state index contributed by atoms with van der Waals surface area (Å²) in [6, 6.07) is 4.79. The number of piperazine rings is 1. The standard InChI is InChI=1S/C26H35N7OS/c1-5-18-15-33(21-13-24(34)30(4)22-16-31(12-11-27)29-25(21)22)19(6-2)14-32(18)17(3)26-28-20-9-7-8-10-23(20)35-26/h13,16-19H,5-10,12,14-15H2,1-4H3/t17-,18+,19-/m0/s1. The maximum atomic E-state index is 12.9. The lowest BCUT2D eigenvalue weighted by molar-refractivity contribution is 0.101. The van der Waals surface area contributed by atoms with Gasteiger partial charge in [-0.2, -0.15) is 10.4 Å². The molecule has 4 heterocycles. The predicted molar refractivity (Wildman–Crippen MR) is 140 cm³/mol. The van der Waals surface area contributed by atoms with E-state index in [0.717, 1.165) is 49.1 Å². The Labute approximate surface area is 210 Å². The average molecular weight is 494 g/mol. The van der Waals surface area contributed by atoms with Crippen molar-refractivity contribution in [3.8, 4) is 6.07 Å². The van der Waals surface area contributed by atoms with Crippen LogP contribution in [-0.4, -0.2) is 49.4 Å². The van der Waals surface area contributed by atoms with Crippen molar-refractivity contribution in [1.82, 2.24) is 24.2 Å². The molecule has 8 nitrogen and oxygen atoms in total. The third-order valence-corrected chi connectivity index (χ3v) is 9.21. The number of hydrogen-bond acceptors (Lipinski definition) is 7. The molecule has 186 valence electrons. The predicted octanol–water partition coefficient (Wildman–Crippen LogP) is 4.03. The van der Waals surface area contributed by atoms with Crippen molar-refractivity contribution in [3.63, 3.8) is 0 Å². The molecule has 0 radical (unpaired) electrons. The van der Waals surface area contributed by atoms with Gasteiger partial charge in [-0.15, -0.1) is 11.3 Å². The van der Waals surface area contributed by atoms with E-state index in [1.807, 2.05) is 17.5 Å². The Balaban J connectivity index is 1.49. The lowest BCUT2D eigenvalue weighted by Gasteiger charge is -2.49. The molecule has 35 heavy (non-hydrogen) atoms. The van der Waals surface area contributed by atoms with Crippen molar-refractivity contribution in [1.29, 1.82) is 5.26 Å². The summed E-state index contributed by atoms with van der Waals surface area (Å²) in [6.07, 6.45) is 8.66. The van der Waals surface area contributed by atoms with Gasteiger partial charge in [0.05, 0.1) is 35.2 Å². The number of hydrogen-bond donors (Lipinski definition) is 0. The fourth-order valence-corrected chi connectivity index (χ4v) is 6.99. The first-order chi connectivity index (χ1) is 16.9. The van der Waals surface area contributed by atoms with Crippen molar-refractivity contribution >= 4 is 28.1 Å². The minimum absolute atomic E-state index is 0.0453. The molecule has 0 bridgehead atoms. The molecule has 1 aliphatic carbocycles. The van der Waals surface area contributed by atoms with E-state index in [9.17, 15) is 4.79 Å². The number of anilines is 1. The third kappa shape index (κ3) is 4.27. The van der Waals surface area contributed by atoms with Crippen LogP contribution in [0.3, 0.4) is 0 Å². The van der Waals surface area contributed by atoms with Gasteiger partial charge in [-0.25, -0.2) is 4.98 Å². The van der Waals surface area contributed by atoms with E-state index < -0.39 is 0 Å². The minimum atomic E-state index is -0.0453. The molecule has 1 fully saturated rings. The highest BCUT2D eigenvalue weighted by atomic mass is 32.1. The molecule has 1 aliphatic heterocycles. The fourth-order valence-electron chi connectivity index (χ4n) is 5.76. The van der Waals surface area contributed by atoms with Gasteiger partial charge < -0.3 is 9.47 Å².